The third kappa shape index (κ3) is 4.56. The molecule has 0 bridgehead atoms. The molecule has 0 saturated heterocycles. The van der Waals surface area contributed by atoms with Gasteiger partial charge in [-0.2, -0.15) is 9.97 Å². The van der Waals surface area contributed by atoms with Gasteiger partial charge in [-0.1, -0.05) is 0 Å². The third-order valence-corrected chi connectivity index (χ3v) is 2.84. The summed E-state index contributed by atoms with van der Waals surface area (Å²) in [6, 6.07) is 0. The first-order valence-corrected chi connectivity index (χ1v) is 7.05. The standard InChI is InChI=1S/C8H10N8S4/c17-5-11-3(12-6(18)15-5)9-1-2-10-4-13-7(19)16-8(20)14-4/h1-2H2,(H3,9,11,12,15,17,18)(H3,10,13,14,16,19,20). The van der Waals surface area contributed by atoms with Crippen LogP contribution >= 0.6 is 48.9 Å². The Morgan fingerprint density at radius 3 is 1.45 bits per heavy atom. The van der Waals surface area contributed by atoms with E-state index in [1.54, 1.807) is 0 Å². The van der Waals surface area contributed by atoms with Crippen LogP contribution in [0.4, 0.5) is 11.9 Å². The molecule has 0 spiro atoms. The summed E-state index contributed by atoms with van der Waals surface area (Å²) in [5.74, 6) is 1.01. The van der Waals surface area contributed by atoms with Crippen LogP contribution in [0.25, 0.3) is 0 Å². The average molecular weight is 346 g/mol. The van der Waals surface area contributed by atoms with Crippen molar-refractivity contribution in [3.8, 4) is 0 Å². The van der Waals surface area contributed by atoms with Crippen molar-refractivity contribution in [2.75, 3.05) is 23.7 Å². The molecule has 2 rings (SSSR count). The van der Waals surface area contributed by atoms with Gasteiger partial charge >= 0.3 is 0 Å². The first kappa shape index (κ1) is 14.9. The van der Waals surface area contributed by atoms with Crippen molar-refractivity contribution in [2.24, 2.45) is 0 Å². The fourth-order valence-corrected chi connectivity index (χ4v) is 2.22. The number of hydrogen-bond donors (Lipinski definition) is 6. The first-order valence-electron chi connectivity index (χ1n) is 5.42. The van der Waals surface area contributed by atoms with E-state index in [-0.39, 0.29) is 0 Å². The molecule has 0 aromatic carbocycles. The van der Waals surface area contributed by atoms with Crippen LogP contribution in [0.5, 0.6) is 0 Å². The minimum atomic E-state index is 0.323. The van der Waals surface area contributed by atoms with Crippen LogP contribution in [-0.2, 0) is 0 Å². The summed E-state index contributed by atoms with van der Waals surface area (Å²) in [4.78, 5) is 19.2. The van der Waals surface area contributed by atoms with Gasteiger partial charge in [0, 0.05) is 13.1 Å². The van der Waals surface area contributed by atoms with E-state index in [1.165, 1.54) is 0 Å². The first-order chi connectivity index (χ1) is 9.52. The van der Waals surface area contributed by atoms with Gasteiger partial charge in [0.1, 0.15) is 0 Å². The normalized spacial score (nSPS) is 10.2. The molecule has 0 aliphatic heterocycles. The highest BCUT2D eigenvalue weighted by Gasteiger charge is 1.96. The predicted molar refractivity (Wildman–Crippen MR) is 86.2 cm³/mol. The van der Waals surface area contributed by atoms with Gasteiger partial charge in [-0.15, -0.1) is 0 Å². The summed E-state index contributed by atoms with van der Waals surface area (Å²) in [7, 11) is 0. The van der Waals surface area contributed by atoms with Crippen molar-refractivity contribution in [1.82, 2.24) is 29.9 Å². The van der Waals surface area contributed by atoms with Gasteiger partial charge in [0.15, 0.2) is 9.54 Å². The molecule has 0 fully saturated rings. The number of hydrogen-bond acceptors (Lipinski definition) is 8. The Balaban J connectivity index is 1.90. The molecule has 8 nitrogen and oxygen atoms in total. The maximum absolute atomic E-state index is 4.96. The molecule has 2 aromatic rings. The van der Waals surface area contributed by atoms with Gasteiger partial charge in [-0.3, -0.25) is 0 Å². The summed E-state index contributed by atoms with van der Waals surface area (Å²) < 4.78 is 1.48. The molecular formula is C8H10N8S4. The van der Waals surface area contributed by atoms with E-state index in [1.807, 2.05) is 0 Å². The van der Waals surface area contributed by atoms with E-state index in [4.69, 9.17) is 48.9 Å². The second kappa shape index (κ2) is 6.78. The lowest BCUT2D eigenvalue weighted by Gasteiger charge is -2.07. The lowest BCUT2D eigenvalue weighted by Crippen LogP contribution is -2.17. The van der Waals surface area contributed by atoms with Crippen LogP contribution in [0.1, 0.15) is 0 Å². The zero-order chi connectivity index (χ0) is 14.5. The number of aromatic amines is 4. The van der Waals surface area contributed by atoms with Crippen LogP contribution in [-0.4, -0.2) is 43.0 Å². The third-order valence-electron chi connectivity index (χ3n) is 2.04. The number of aromatic nitrogens is 6. The summed E-state index contributed by atoms with van der Waals surface area (Å²) >= 11 is 19.8. The predicted octanol–water partition coefficient (Wildman–Crippen LogP) is 2.23. The van der Waals surface area contributed by atoms with E-state index in [9.17, 15) is 0 Å². The Morgan fingerprint density at radius 2 is 1.10 bits per heavy atom. The summed E-state index contributed by atoms with van der Waals surface area (Å²) in [5, 5.41) is 6.08. The molecule has 0 aliphatic rings. The molecule has 12 heteroatoms. The minimum absolute atomic E-state index is 0.323. The summed E-state index contributed by atoms with van der Waals surface area (Å²) in [5.41, 5.74) is 0. The SMILES string of the molecule is S=c1nc(NCCNc2nc(=S)[nH]c(=S)[nH]2)[nH]c(=S)[nH]1. The Kier molecular flexibility index (Phi) is 5.05. The van der Waals surface area contributed by atoms with Gasteiger partial charge in [0.2, 0.25) is 21.4 Å². The molecule has 0 atom stereocenters. The fraction of sp³-hybridized carbons (Fsp3) is 0.250. The molecule has 0 radical (unpaired) electrons. The molecule has 2 heterocycles. The highest BCUT2D eigenvalue weighted by molar-refractivity contribution is 7.72. The fourth-order valence-electron chi connectivity index (χ4n) is 1.32. The second-order valence-electron chi connectivity index (χ2n) is 3.54. The molecule has 0 unspecified atom stereocenters. The summed E-state index contributed by atoms with van der Waals surface area (Å²) in [6.07, 6.45) is 0. The molecule has 0 saturated carbocycles. The zero-order valence-electron chi connectivity index (χ0n) is 9.94. The van der Waals surface area contributed by atoms with Crippen LogP contribution < -0.4 is 10.6 Å². The van der Waals surface area contributed by atoms with Crippen molar-refractivity contribution in [1.29, 1.82) is 0 Å². The zero-order valence-corrected chi connectivity index (χ0v) is 13.2. The van der Waals surface area contributed by atoms with E-state index in [2.05, 4.69) is 40.5 Å². The topological polar surface area (TPSA) is 113 Å². The highest BCUT2D eigenvalue weighted by Crippen LogP contribution is 1.97. The van der Waals surface area contributed by atoms with Gasteiger partial charge in [0.25, 0.3) is 0 Å². The maximum Gasteiger partial charge on any atom is 0.205 e. The van der Waals surface area contributed by atoms with Crippen LogP contribution in [0.15, 0.2) is 0 Å². The highest BCUT2D eigenvalue weighted by atomic mass is 32.1. The Bertz CT molecular complexity index is 688. The van der Waals surface area contributed by atoms with E-state index in [0.29, 0.717) is 44.1 Å². The number of H-pyrrole nitrogens is 4. The largest absolute Gasteiger partial charge is 0.354 e. The van der Waals surface area contributed by atoms with E-state index < -0.39 is 0 Å². The molecule has 6 N–H and O–H groups in total. The smallest absolute Gasteiger partial charge is 0.205 e. The number of nitrogens with zero attached hydrogens (tertiary/aromatic N) is 2. The Labute approximate surface area is 133 Å². The Morgan fingerprint density at radius 1 is 0.700 bits per heavy atom. The van der Waals surface area contributed by atoms with E-state index >= 15 is 0 Å². The van der Waals surface area contributed by atoms with Gasteiger partial charge in [-0.05, 0) is 48.9 Å². The number of anilines is 2. The lowest BCUT2D eigenvalue weighted by atomic mass is 10.6. The monoisotopic (exact) mass is 346 g/mol. The molecular weight excluding hydrogens is 336 g/mol. The number of nitrogens with one attached hydrogen (secondary N) is 6. The minimum Gasteiger partial charge on any atom is -0.354 e. The van der Waals surface area contributed by atoms with Crippen molar-refractivity contribution in [2.45, 2.75) is 0 Å². The maximum atomic E-state index is 4.96. The molecule has 2 aromatic heterocycles. The van der Waals surface area contributed by atoms with Crippen molar-refractivity contribution in [3.63, 3.8) is 0 Å². The van der Waals surface area contributed by atoms with E-state index in [0.717, 1.165) is 0 Å². The molecule has 20 heavy (non-hydrogen) atoms. The molecule has 0 amide bonds. The van der Waals surface area contributed by atoms with Gasteiger partial charge in [-0.25, -0.2) is 0 Å². The van der Waals surface area contributed by atoms with Crippen LogP contribution in [0, 0.1) is 19.1 Å². The second-order valence-corrected chi connectivity index (χ2v) is 5.13. The average Bonchev–Trinajstić information content (AvgIpc) is 2.32. The van der Waals surface area contributed by atoms with Crippen LogP contribution in [0.3, 0.4) is 0 Å². The van der Waals surface area contributed by atoms with Crippen LogP contribution in [0.2, 0.25) is 0 Å². The van der Waals surface area contributed by atoms with Crippen molar-refractivity contribution in [3.05, 3.63) is 19.1 Å². The summed E-state index contributed by atoms with van der Waals surface area (Å²) in [6.45, 7) is 1.15. The molecule has 106 valence electrons. The molecule has 0 aliphatic carbocycles. The Hall–Kier alpha value is -1.50. The lowest BCUT2D eigenvalue weighted by molar-refractivity contribution is 0.941. The van der Waals surface area contributed by atoms with Gasteiger partial charge in [0.05, 0.1) is 0 Å². The van der Waals surface area contributed by atoms with Crippen molar-refractivity contribution >= 4 is 60.8 Å². The van der Waals surface area contributed by atoms with Crippen molar-refractivity contribution < 1.29 is 0 Å². The number of rotatable bonds is 5. The van der Waals surface area contributed by atoms with Gasteiger partial charge < -0.3 is 30.6 Å². The quantitative estimate of drug-likeness (QED) is 0.361.